The van der Waals surface area contributed by atoms with Crippen LogP contribution in [0.2, 0.25) is 0 Å². The van der Waals surface area contributed by atoms with Gasteiger partial charge in [0.15, 0.2) is 0 Å². The van der Waals surface area contributed by atoms with Gasteiger partial charge in [-0.1, -0.05) is 15.9 Å². The molecule has 0 fully saturated rings. The Labute approximate surface area is 130 Å². The van der Waals surface area contributed by atoms with Crippen LogP contribution in [0.1, 0.15) is 19.4 Å². The van der Waals surface area contributed by atoms with E-state index in [0.717, 1.165) is 26.8 Å². The lowest BCUT2D eigenvalue weighted by Gasteiger charge is -2.13. The number of ether oxygens (including phenoxy) is 1. The fourth-order valence-corrected chi connectivity index (χ4v) is 3.03. The van der Waals surface area contributed by atoms with E-state index < -0.39 is 0 Å². The van der Waals surface area contributed by atoms with E-state index in [-0.39, 0.29) is 5.91 Å². The van der Waals surface area contributed by atoms with Gasteiger partial charge in [0.05, 0.1) is 11.1 Å². The molecule has 0 aliphatic carbocycles. The van der Waals surface area contributed by atoms with Gasteiger partial charge in [0, 0.05) is 36.6 Å². The molecule has 0 saturated carbocycles. The quantitative estimate of drug-likeness (QED) is 0.700. The summed E-state index contributed by atoms with van der Waals surface area (Å²) >= 11 is 6.97. The Morgan fingerprint density at radius 2 is 2.05 bits per heavy atom. The summed E-state index contributed by atoms with van der Waals surface area (Å²) < 4.78 is 7.57. The fourth-order valence-electron chi connectivity index (χ4n) is 1.60. The molecule has 0 aliphatic rings. The summed E-state index contributed by atoms with van der Waals surface area (Å²) in [4.78, 5) is 10.7. The zero-order valence-corrected chi connectivity index (χ0v) is 14.2. The Morgan fingerprint density at radius 3 is 2.68 bits per heavy atom. The Kier molecular flexibility index (Phi) is 7.41. The second-order valence-electron chi connectivity index (χ2n) is 3.97. The number of halogens is 2. The van der Waals surface area contributed by atoms with Crippen LogP contribution in [0.3, 0.4) is 0 Å². The molecule has 0 aliphatic heterocycles. The van der Waals surface area contributed by atoms with E-state index in [1.807, 2.05) is 19.1 Å². The molecule has 6 heteroatoms. The highest BCUT2D eigenvalue weighted by molar-refractivity contribution is 9.11. The van der Waals surface area contributed by atoms with Crippen LogP contribution in [0.15, 0.2) is 21.1 Å². The number of carbonyl (C=O) groups excluding carboxylic acids is 1. The SMILES string of the molecule is CCOc1c(Br)cc(Br)cc1CNCCNC(C)=O. The number of carbonyl (C=O) groups is 1. The molecular weight excluding hydrogens is 376 g/mol. The first-order valence-electron chi connectivity index (χ1n) is 6.10. The summed E-state index contributed by atoms with van der Waals surface area (Å²) in [6.07, 6.45) is 0. The van der Waals surface area contributed by atoms with E-state index in [2.05, 4.69) is 42.5 Å². The second-order valence-corrected chi connectivity index (χ2v) is 5.74. The number of rotatable bonds is 7. The standard InChI is InChI=1S/C13H18Br2N2O2/c1-3-19-13-10(6-11(14)7-12(13)15)8-16-4-5-17-9(2)18/h6-7,16H,3-5,8H2,1-2H3,(H,17,18). The first kappa shape index (κ1) is 16.5. The van der Waals surface area contributed by atoms with Gasteiger partial charge < -0.3 is 15.4 Å². The molecule has 2 N–H and O–H groups in total. The Morgan fingerprint density at radius 1 is 1.32 bits per heavy atom. The molecule has 1 amide bonds. The smallest absolute Gasteiger partial charge is 0.216 e. The maximum Gasteiger partial charge on any atom is 0.216 e. The summed E-state index contributed by atoms with van der Waals surface area (Å²) in [6, 6.07) is 3.99. The van der Waals surface area contributed by atoms with Crippen molar-refractivity contribution in [2.24, 2.45) is 0 Å². The third-order valence-corrected chi connectivity index (χ3v) is 3.41. The molecule has 0 radical (unpaired) electrons. The van der Waals surface area contributed by atoms with Gasteiger partial charge in [-0.3, -0.25) is 4.79 Å². The zero-order chi connectivity index (χ0) is 14.3. The fraction of sp³-hybridized carbons (Fsp3) is 0.462. The molecule has 106 valence electrons. The van der Waals surface area contributed by atoms with E-state index in [0.29, 0.717) is 19.7 Å². The molecule has 1 aromatic carbocycles. The maximum atomic E-state index is 10.7. The van der Waals surface area contributed by atoms with Gasteiger partial charge >= 0.3 is 0 Å². The normalized spacial score (nSPS) is 10.3. The first-order valence-corrected chi connectivity index (χ1v) is 7.69. The lowest BCUT2D eigenvalue weighted by atomic mass is 10.2. The number of hydrogen-bond acceptors (Lipinski definition) is 3. The van der Waals surface area contributed by atoms with E-state index >= 15 is 0 Å². The molecular formula is C13H18Br2N2O2. The van der Waals surface area contributed by atoms with Gasteiger partial charge in [0.2, 0.25) is 5.91 Å². The molecule has 0 saturated heterocycles. The highest BCUT2D eigenvalue weighted by Crippen LogP contribution is 2.32. The Bertz CT molecular complexity index is 439. The van der Waals surface area contributed by atoms with Crippen molar-refractivity contribution >= 4 is 37.8 Å². The molecule has 1 aromatic rings. The van der Waals surface area contributed by atoms with E-state index in [1.54, 1.807) is 0 Å². The van der Waals surface area contributed by atoms with Crippen LogP contribution >= 0.6 is 31.9 Å². The number of benzene rings is 1. The van der Waals surface area contributed by atoms with Crippen molar-refractivity contribution in [1.29, 1.82) is 0 Å². The molecule has 0 heterocycles. The zero-order valence-electron chi connectivity index (χ0n) is 11.1. The lowest BCUT2D eigenvalue weighted by Crippen LogP contribution is -2.30. The van der Waals surface area contributed by atoms with E-state index in [9.17, 15) is 4.79 Å². The molecule has 0 aromatic heterocycles. The summed E-state index contributed by atoms with van der Waals surface area (Å²) in [5, 5.41) is 6.02. The number of amides is 1. The number of hydrogen-bond donors (Lipinski definition) is 2. The minimum atomic E-state index is -0.0120. The van der Waals surface area contributed by atoms with E-state index in [1.165, 1.54) is 6.92 Å². The summed E-state index contributed by atoms with van der Waals surface area (Å²) in [6.45, 7) is 6.12. The molecule has 0 spiro atoms. The minimum absolute atomic E-state index is 0.0120. The van der Waals surface area contributed by atoms with Crippen molar-refractivity contribution in [1.82, 2.24) is 10.6 Å². The molecule has 1 rings (SSSR count). The van der Waals surface area contributed by atoms with Crippen molar-refractivity contribution in [2.75, 3.05) is 19.7 Å². The lowest BCUT2D eigenvalue weighted by molar-refractivity contribution is -0.118. The Hall–Kier alpha value is -0.590. The summed E-state index contributed by atoms with van der Waals surface area (Å²) in [5.41, 5.74) is 1.07. The van der Waals surface area contributed by atoms with Crippen LogP contribution in [0.5, 0.6) is 5.75 Å². The summed E-state index contributed by atoms with van der Waals surface area (Å²) in [7, 11) is 0. The minimum Gasteiger partial charge on any atom is -0.492 e. The molecule has 0 atom stereocenters. The third-order valence-electron chi connectivity index (χ3n) is 2.37. The highest BCUT2D eigenvalue weighted by atomic mass is 79.9. The van der Waals surface area contributed by atoms with Crippen molar-refractivity contribution in [3.05, 3.63) is 26.6 Å². The van der Waals surface area contributed by atoms with Crippen molar-refractivity contribution < 1.29 is 9.53 Å². The predicted octanol–water partition coefficient (Wildman–Crippen LogP) is 2.84. The van der Waals surface area contributed by atoms with Gasteiger partial charge in [0.1, 0.15) is 5.75 Å². The molecule has 0 bridgehead atoms. The molecule has 4 nitrogen and oxygen atoms in total. The van der Waals surface area contributed by atoms with Crippen LogP contribution in [-0.4, -0.2) is 25.6 Å². The van der Waals surface area contributed by atoms with Crippen LogP contribution in [0.25, 0.3) is 0 Å². The third kappa shape index (κ3) is 5.93. The average molecular weight is 394 g/mol. The molecule has 0 unspecified atom stereocenters. The van der Waals surface area contributed by atoms with Crippen LogP contribution in [-0.2, 0) is 11.3 Å². The maximum absolute atomic E-state index is 10.7. The van der Waals surface area contributed by atoms with Crippen molar-refractivity contribution in [3.8, 4) is 5.75 Å². The second kappa shape index (κ2) is 8.55. The van der Waals surface area contributed by atoms with Crippen LogP contribution in [0, 0.1) is 0 Å². The first-order chi connectivity index (χ1) is 9.04. The molecule has 19 heavy (non-hydrogen) atoms. The monoisotopic (exact) mass is 392 g/mol. The topological polar surface area (TPSA) is 50.4 Å². The van der Waals surface area contributed by atoms with Gasteiger partial charge in [-0.15, -0.1) is 0 Å². The number of nitrogens with one attached hydrogen (secondary N) is 2. The van der Waals surface area contributed by atoms with Crippen molar-refractivity contribution in [2.45, 2.75) is 20.4 Å². The van der Waals surface area contributed by atoms with E-state index in [4.69, 9.17) is 4.74 Å². The predicted molar refractivity (Wildman–Crippen MR) is 83.4 cm³/mol. The largest absolute Gasteiger partial charge is 0.492 e. The van der Waals surface area contributed by atoms with Crippen LogP contribution < -0.4 is 15.4 Å². The van der Waals surface area contributed by atoms with Gasteiger partial charge in [-0.05, 0) is 35.0 Å². The summed E-state index contributed by atoms with van der Waals surface area (Å²) in [5.74, 6) is 0.847. The average Bonchev–Trinajstić information content (AvgIpc) is 2.32. The Balaban J connectivity index is 2.58. The van der Waals surface area contributed by atoms with Gasteiger partial charge in [-0.2, -0.15) is 0 Å². The van der Waals surface area contributed by atoms with Gasteiger partial charge in [-0.25, -0.2) is 0 Å². The highest BCUT2D eigenvalue weighted by Gasteiger charge is 2.09. The van der Waals surface area contributed by atoms with Gasteiger partial charge in [0.25, 0.3) is 0 Å². The van der Waals surface area contributed by atoms with Crippen molar-refractivity contribution in [3.63, 3.8) is 0 Å². The van der Waals surface area contributed by atoms with Crippen LogP contribution in [0.4, 0.5) is 0 Å².